The van der Waals surface area contributed by atoms with Gasteiger partial charge >= 0.3 is 0 Å². The topological polar surface area (TPSA) is 60.8 Å². The van der Waals surface area contributed by atoms with E-state index in [2.05, 4.69) is 31.7 Å². The predicted molar refractivity (Wildman–Crippen MR) is 148 cm³/mol. The standard InChI is InChI=1S/C33H53NO3/c1-22(7-12-30(36)34-19-17-33(37,18-20-34)23-5-4-6-23)27-10-11-28-26-9-8-24-21-25(35)13-15-31(24,2)29(26)14-16-32(27,28)3/h8,22-23,25-29,35,37H,4-7,9-21H2,1-3H3/t22?,25-,26-,27+,28-,29-,31-,32+/m0/s1. The van der Waals surface area contributed by atoms with Gasteiger partial charge in [-0.2, -0.15) is 0 Å². The van der Waals surface area contributed by atoms with E-state index in [0.717, 1.165) is 68.9 Å². The first kappa shape index (κ1) is 26.4. The monoisotopic (exact) mass is 511 g/mol. The Labute approximate surface area is 225 Å². The molecule has 5 aliphatic carbocycles. The Morgan fingerprint density at radius 1 is 1.03 bits per heavy atom. The summed E-state index contributed by atoms with van der Waals surface area (Å²) in [6, 6.07) is 0. The second-order valence-electron chi connectivity index (χ2n) is 15.0. The van der Waals surface area contributed by atoms with Crippen molar-refractivity contribution in [2.45, 2.75) is 129 Å². The van der Waals surface area contributed by atoms with Crippen LogP contribution < -0.4 is 0 Å². The molecule has 0 aromatic carbocycles. The minimum absolute atomic E-state index is 0.122. The summed E-state index contributed by atoms with van der Waals surface area (Å²) in [4.78, 5) is 15.2. The summed E-state index contributed by atoms with van der Waals surface area (Å²) >= 11 is 0. The lowest BCUT2D eigenvalue weighted by Gasteiger charge is -2.58. The number of amides is 1. The van der Waals surface area contributed by atoms with Crippen molar-refractivity contribution in [2.75, 3.05) is 13.1 Å². The van der Waals surface area contributed by atoms with Crippen LogP contribution in [0.1, 0.15) is 117 Å². The Kier molecular flexibility index (Phi) is 6.87. The highest BCUT2D eigenvalue weighted by Crippen LogP contribution is 2.67. The summed E-state index contributed by atoms with van der Waals surface area (Å²) in [5.41, 5.74) is 1.81. The smallest absolute Gasteiger partial charge is 0.222 e. The van der Waals surface area contributed by atoms with Gasteiger partial charge in [0.15, 0.2) is 0 Å². The molecule has 0 bridgehead atoms. The molecule has 4 nitrogen and oxygen atoms in total. The summed E-state index contributed by atoms with van der Waals surface area (Å²) in [6.45, 7) is 9.07. The fourth-order valence-corrected chi connectivity index (χ4v) is 10.8. The number of carbonyl (C=O) groups is 1. The van der Waals surface area contributed by atoms with Crippen LogP contribution in [0.15, 0.2) is 11.6 Å². The van der Waals surface area contributed by atoms with E-state index in [1.54, 1.807) is 5.57 Å². The van der Waals surface area contributed by atoms with Crippen LogP contribution in [0.3, 0.4) is 0 Å². The van der Waals surface area contributed by atoms with E-state index in [1.807, 2.05) is 0 Å². The van der Waals surface area contributed by atoms with Gasteiger partial charge in [-0.15, -0.1) is 0 Å². The molecular formula is C33H53NO3. The van der Waals surface area contributed by atoms with Crippen LogP contribution in [0.5, 0.6) is 0 Å². The lowest BCUT2D eigenvalue weighted by Crippen LogP contribution is -2.52. The molecule has 0 spiro atoms. The third-order valence-electron chi connectivity index (χ3n) is 13.5. The molecule has 8 atom stereocenters. The number of fused-ring (bicyclic) bond motifs is 5. The number of carbonyl (C=O) groups excluding carboxylic acids is 1. The zero-order valence-corrected chi connectivity index (χ0v) is 23.9. The largest absolute Gasteiger partial charge is 0.393 e. The fraction of sp³-hybridized carbons (Fsp3) is 0.909. The number of hydrogen-bond acceptors (Lipinski definition) is 3. The van der Waals surface area contributed by atoms with Gasteiger partial charge in [0.1, 0.15) is 0 Å². The average Bonchev–Trinajstić information content (AvgIpc) is 3.19. The third kappa shape index (κ3) is 4.35. The first-order chi connectivity index (χ1) is 17.6. The van der Waals surface area contributed by atoms with E-state index in [0.29, 0.717) is 35.0 Å². The summed E-state index contributed by atoms with van der Waals surface area (Å²) < 4.78 is 0. The molecular weight excluding hydrogens is 458 g/mol. The van der Waals surface area contributed by atoms with Gasteiger partial charge in [0.25, 0.3) is 0 Å². The van der Waals surface area contributed by atoms with E-state index in [4.69, 9.17) is 0 Å². The average molecular weight is 512 g/mol. The molecule has 0 radical (unpaired) electrons. The van der Waals surface area contributed by atoms with Crippen LogP contribution >= 0.6 is 0 Å². The molecule has 208 valence electrons. The molecule has 2 N–H and O–H groups in total. The third-order valence-corrected chi connectivity index (χ3v) is 13.5. The maximum atomic E-state index is 13.1. The molecule has 6 aliphatic rings. The van der Waals surface area contributed by atoms with Crippen LogP contribution in [0.2, 0.25) is 0 Å². The zero-order chi connectivity index (χ0) is 26.0. The van der Waals surface area contributed by atoms with E-state index in [9.17, 15) is 15.0 Å². The minimum Gasteiger partial charge on any atom is -0.393 e. The van der Waals surface area contributed by atoms with Crippen molar-refractivity contribution in [3.8, 4) is 0 Å². The van der Waals surface area contributed by atoms with Gasteiger partial charge < -0.3 is 15.1 Å². The molecule has 1 amide bonds. The number of nitrogens with zero attached hydrogens (tertiary/aromatic N) is 1. The number of aliphatic hydroxyl groups is 2. The minimum atomic E-state index is -0.502. The summed E-state index contributed by atoms with van der Waals surface area (Å²) in [6.07, 6.45) is 19.0. The van der Waals surface area contributed by atoms with Crippen molar-refractivity contribution >= 4 is 5.91 Å². The molecule has 4 saturated carbocycles. The summed E-state index contributed by atoms with van der Waals surface area (Å²) in [7, 11) is 0. The van der Waals surface area contributed by atoms with Crippen molar-refractivity contribution in [3.63, 3.8) is 0 Å². The number of allylic oxidation sites excluding steroid dienone is 1. The number of rotatable bonds is 5. The second-order valence-corrected chi connectivity index (χ2v) is 15.0. The summed E-state index contributed by atoms with van der Waals surface area (Å²) in [5, 5.41) is 21.3. The van der Waals surface area contributed by atoms with E-state index in [-0.39, 0.29) is 6.10 Å². The second kappa shape index (κ2) is 9.65. The van der Waals surface area contributed by atoms with Crippen LogP contribution in [-0.2, 0) is 4.79 Å². The number of likely N-dealkylation sites (tertiary alicyclic amines) is 1. The fourth-order valence-electron chi connectivity index (χ4n) is 10.8. The molecule has 1 aliphatic heterocycles. The van der Waals surface area contributed by atoms with Crippen molar-refractivity contribution in [1.82, 2.24) is 4.90 Å². The molecule has 37 heavy (non-hydrogen) atoms. The normalized spacial score (nSPS) is 44.2. The van der Waals surface area contributed by atoms with Crippen LogP contribution in [0.4, 0.5) is 0 Å². The number of aliphatic hydroxyl groups excluding tert-OH is 1. The maximum absolute atomic E-state index is 13.1. The van der Waals surface area contributed by atoms with Gasteiger partial charge in [0.05, 0.1) is 11.7 Å². The quantitative estimate of drug-likeness (QED) is 0.414. The van der Waals surface area contributed by atoms with Crippen molar-refractivity contribution in [2.24, 2.45) is 46.3 Å². The van der Waals surface area contributed by atoms with Gasteiger partial charge in [0, 0.05) is 19.5 Å². The molecule has 5 fully saturated rings. The first-order valence-corrected chi connectivity index (χ1v) is 16.0. The highest BCUT2D eigenvalue weighted by atomic mass is 16.3. The predicted octanol–water partition coefficient (Wildman–Crippen LogP) is 6.50. The summed E-state index contributed by atoms with van der Waals surface area (Å²) in [5.74, 6) is 4.57. The Morgan fingerprint density at radius 2 is 1.78 bits per heavy atom. The van der Waals surface area contributed by atoms with E-state index >= 15 is 0 Å². The SMILES string of the molecule is CC(CCC(=O)N1CCC(O)(C2CCC2)CC1)[C@H]1CC[C@H]2[C@@H]3CC=C4C[C@@H](O)CC[C@]4(C)[C@H]3CC[C@]12C. The maximum Gasteiger partial charge on any atom is 0.222 e. The Bertz CT molecular complexity index is 901. The van der Waals surface area contributed by atoms with E-state index in [1.165, 1.54) is 57.8 Å². The molecule has 4 heteroatoms. The van der Waals surface area contributed by atoms with Gasteiger partial charge in [-0.05, 0) is 130 Å². The molecule has 1 heterocycles. The molecule has 0 aromatic rings. The molecule has 6 rings (SSSR count). The van der Waals surface area contributed by atoms with Crippen LogP contribution in [-0.4, -0.2) is 45.8 Å². The zero-order valence-electron chi connectivity index (χ0n) is 23.9. The van der Waals surface area contributed by atoms with Gasteiger partial charge in [-0.25, -0.2) is 0 Å². The Hall–Kier alpha value is -0.870. The number of hydrogen-bond donors (Lipinski definition) is 2. The van der Waals surface area contributed by atoms with Crippen LogP contribution in [0, 0.1) is 46.3 Å². The molecule has 0 aromatic heterocycles. The molecule has 1 saturated heterocycles. The Balaban J connectivity index is 1.05. The highest BCUT2D eigenvalue weighted by Gasteiger charge is 2.59. The van der Waals surface area contributed by atoms with Gasteiger partial charge in [-0.3, -0.25) is 4.79 Å². The number of piperidine rings is 1. The highest BCUT2D eigenvalue weighted by molar-refractivity contribution is 5.76. The van der Waals surface area contributed by atoms with Gasteiger partial charge in [0.2, 0.25) is 5.91 Å². The van der Waals surface area contributed by atoms with E-state index < -0.39 is 5.60 Å². The van der Waals surface area contributed by atoms with Crippen molar-refractivity contribution in [3.05, 3.63) is 11.6 Å². The lowest BCUT2D eigenvalue weighted by molar-refractivity contribution is -0.140. The van der Waals surface area contributed by atoms with Crippen molar-refractivity contribution < 1.29 is 15.0 Å². The Morgan fingerprint density at radius 3 is 2.49 bits per heavy atom. The van der Waals surface area contributed by atoms with Crippen LogP contribution in [0.25, 0.3) is 0 Å². The van der Waals surface area contributed by atoms with Crippen molar-refractivity contribution in [1.29, 1.82) is 0 Å². The first-order valence-electron chi connectivity index (χ1n) is 16.0. The lowest BCUT2D eigenvalue weighted by atomic mass is 9.47. The molecule has 1 unspecified atom stereocenters. The van der Waals surface area contributed by atoms with Gasteiger partial charge in [-0.1, -0.05) is 38.8 Å².